The van der Waals surface area contributed by atoms with Gasteiger partial charge in [0.15, 0.2) is 11.5 Å². The van der Waals surface area contributed by atoms with Gasteiger partial charge >= 0.3 is 0 Å². The van der Waals surface area contributed by atoms with Gasteiger partial charge in [-0.3, -0.25) is 14.5 Å². The second-order valence-corrected chi connectivity index (χ2v) is 5.28. The lowest BCUT2D eigenvalue weighted by Crippen LogP contribution is -2.30. The highest BCUT2D eigenvalue weighted by Gasteiger charge is 2.43. The van der Waals surface area contributed by atoms with Gasteiger partial charge in [-0.05, 0) is 36.8 Å². The van der Waals surface area contributed by atoms with E-state index in [4.69, 9.17) is 0 Å². The summed E-state index contributed by atoms with van der Waals surface area (Å²) in [7, 11) is 0. The Balaban J connectivity index is 2.16. The standard InChI is InChI=1S/C18H14FNO3/c1-11(21)15-16(12-5-3-2-4-6-12)20(18(23)17(15)22)14-9-7-13(19)8-10-14/h2-10,16,22H,1H3/t16-/m0/s1. The van der Waals surface area contributed by atoms with E-state index in [1.54, 1.807) is 24.3 Å². The van der Waals surface area contributed by atoms with Crippen molar-refractivity contribution in [3.05, 3.63) is 77.3 Å². The second kappa shape index (κ2) is 5.68. The molecule has 0 aliphatic carbocycles. The van der Waals surface area contributed by atoms with Gasteiger partial charge in [0.25, 0.3) is 5.91 Å². The first-order valence-electron chi connectivity index (χ1n) is 7.09. The van der Waals surface area contributed by atoms with Crippen LogP contribution in [0.2, 0.25) is 0 Å². The zero-order chi connectivity index (χ0) is 16.6. The Labute approximate surface area is 132 Å². The van der Waals surface area contributed by atoms with Crippen LogP contribution < -0.4 is 4.90 Å². The van der Waals surface area contributed by atoms with Crippen LogP contribution in [0.25, 0.3) is 0 Å². The predicted molar refractivity (Wildman–Crippen MR) is 83.4 cm³/mol. The molecule has 0 fully saturated rings. The second-order valence-electron chi connectivity index (χ2n) is 5.28. The molecular formula is C18H14FNO3. The molecule has 0 saturated carbocycles. The van der Waals surface area contributed by atoms with Gasteiger partial charge in [0.1, 0.15) is 5.82 Å². The van der Waals surface area contributed by atoms with Crippen LogP contribution in [0.15, 0.2) is 65.9 Å². The minimum Gasteiger partial charge on any atom is -0.503 e. The quantitative estimate of drug-likeness (QED) is 0.946. The highest BCUT2D eigenvalue weighted by Crippen LogP contribution is 2.40. The summed E-state index contributed by atoms with van der Waals surface area (Å²) >= 11 is 0. The van der Waals surface area contributed by atoms with Crippen LogP contribution in [0.5, 0.6) is 0 Å². The van der Waals surface area contributed by atoms with Crippen LogP contribution in [-0.4, -0.2) is 16.8 Å². The fourth-order valence-electron chi connectivity index (χ4n) is 2.78. The smallest absolute Gasteiger partial charge is 0.294 e. The van der Waals surface area contributed by atoms with E-state index in [-0.39, 0.29) is 11.4 Å². The molecule has 5 heteroatoms. The minimum atomic E-state index is -0.730. The third-order valence-corrected chi connectivity index (χ3v) is 3.81. The Morgan fingerprint density at radius 3 is 2.26 bits per heavy atom. The van der Waals surface area contributed by atoms with Crippen LogP contribution in [-0.2, 0) is 9.59 Å². The molecule has 1 N–H and O–H groups in total. The number of carbonyl (C=O) groups is 2. The number of halogens is 1. The molecule has 1 aliphatic heterocycles. The van der Waals surface area contributed by atoms with Crippen LogP contribution in [0, 0.1) is 5.82 Å². The Morgan fingerprint density at radius 2 is 1.70 bits per heavy atom. The van der Waals surface area contributed by atoms with E-state index in [0.717, 1.165) is 0 Å². The molecule has 1 amide bonds. The number of nitrogens with zero attached hydrogens (tertiary/aromatic N) is 1. The molecule has 2 aromatic rings. The summed E-state index contributed by atoms with van der Waals surface area (Å²) in [5.74, 6) is -2.04. The number of Topliss-reactive ketones (excluding diaryl/α,β-unsaturated/α-hetero) is 1. The number of anilines is 1. The first kappa shape index (κ1) is 15.0. The summed E-state index contributed by atoms with van der Waals surface area (Å²) in [6.07, 6.45) is 0. The SMILES string of the molecule is CC(=O)C1=C(O)C(=O)N(c2ccc(F)cc2)[C@H]1c1ccccc1. The van der Waals surface area contributed by atoms with Gasteiger partial charge in [0.2, 0.25) is 0 Å². The first-order valence-corrected chi connectivity index (χ1v) is 7.09. The summed E-state index contributed by atoms with van der Waals surface area (Å²) in [5.41, 5.74) is 1.15. The van der Waals surface area contributed by atoms with E-state index in [9.17, 15) is 19.1 Å². The van der Waals surface area contributed by atoms with Crippen molar-refractivity contribution in [2.75, 3.05) is 4.90 Å². The molecule has 0 aromatic heterocycles. The fourth-order valence-corrected chi connectivity index (χ4v) is 2.78. The first-order chi connectivity index (χ1) is 11.0. The van der Waals surface area contributed by atoms with Gasteiger partial charge in [0.05, 0.1) is 11.6 Å². The minimum absolute atomic E-state index is 0.0468. The number of hydrogen-bond acceptors (Lipinski definition) is 3. The van der Waals surface area contributed by atoms with E-state index in [2.05, 4.69) is 0 Å². The molecule has 116 valence electrons. The number of amides is 1. The number of rotatable bonds is 3. The maximum Gasteiger partial charge on any atom is 0.294 e. The monoisotopic (exact) mass is 311 g/mol. The van der Waals surface area contributed by atoms with E-state index < -0.39 is 23.5 Å². The van der Waals surface area contributed by atoms with Gasteiger partial charge in [0, 0.05) is 5.69 Å². The topological polar surface area (TPSA) is 57.6 Å². The number of ketones is 1. The maximum atomic E-state index is 13.2. The summed E-state index contributed by atoms with van der Waals surface area (Å²) in [6.45, 7) is 1.31. The summed E-state index contributed by atoms with van der Waals surface area (Å²) in [6, 6.07) is 13.6. The van der Waals surface area contributed by atoms with Crippen molar-refractivity contribution in [3.8, 4) is 0 Å². The number of aliphatic hydroxyl groups is 1. The molecule has 0 spiro atoms. The molecule has 3 rings (SSSR count). The Hall–Kier alpha value is -2.95. The Kier molecular flexibility index (Phi) is 3.70. The van der Waals surface area contributed by atoms with Crippen molar-refractivity contribution in [1.82, 2.24) is 0 Å². The highest BCUT2D eigenvalue weighted by atomic mass is 19.1. The van der Waals surface area contributed by atoms with E-state index in [1.807, 2.05) is 6.07 Å². The summed E-state index contributed by atoms with van der Waals surface area (Å²) < 4.78 is 13.2. The lowest BCUT2D eigenvalue weighted by atomic mass is 9.96. The molecule has 1 heterocycles. The van der Waals surface area contributed by atoms with Crippen molar-refractivity contribution in [2.24, 2.45) is 0 Å². The average molecular weight is 311 g/mol. The van der Waals surface area contributed by atoms with Crippen molar-refractivity contribution in [1.29, 1.82) is 0 Å². The third-order valence-electron chi connectivity index (χ3n) is 3.81. The number of carbonyl (C=O) groups excluding carboxylic acids is 2. The number of hydrogen-bond donors (Lipinski definition) is 1. The van der Waals surface area contributed by atoms with Crippen molar-refractivity contribution in [3.63, 3.8) is 0 Å². The average Bonchev–Trinajstić information content (AvgIpc) is 2.81. The maximum absolute atomic E-state index is 13.2. The molecule has 1 atom stereocenters. The molecule has 1 aliphatic rings. The zero-order valence-electron chi connectivity index (χ0n) is 12.4. The van der Waals surface area contributed by atoms with Crippen LogP contribution in [0.1, 0.15) is 18.5 Å². The summed E-state index contributed by atoms with van der Waals surface area (Å²) in [5, 5.41) is 10.1. The van der Waals surface area contributed by atoms with Crippen LogP contribution in [0.3, 0.4) is 0 Å². The van der Waals surface area contributed by atoms with Gasteiger partial charge in [-0.2, -0.15) is 0 Å². The molecule has 0 saturated heterocycles. The lowest BCUT2D eigenvalue weighted by molar-refractivity contribution is -0.117. The summed E-state index contributed by atoms with van der Waals surface area (Å²) in [4.78, 5) is 25.7. The molecule has 0 bridgehead atoms. The molecule has 0 unspecified atom stereocenters. The normalized spacial score (nSPS) is 17.7. The van der Waals surface area contributed by atoms with Gasteiger partial charge in [-0.1, -0.05) is 30.3 Å². The lowest BCUT2D eigenvalue weighted by Gasteiger charge is -2.26. The Morgan fingerprint density at radius 1 is 1.09 bits per heavy atom. The van der Waals surface area contributed by atoms with Crippen molar-refractivity contribution < 1.29 is 19.1 Å². The highest BCUT2D eigenvalue weighted by molar-refractivity contribution is 6.16. The number of benzene rings is 2. The molecule has 4 nitrogen and oxygen atoms in total. The van der Waals surface area contributed by atoms with Gasteiger partial charge < -0.3 is 5.11 Å². The van der Waals surface area contributed by atoms with Crippen molar-refractivity contribution >= 4 is 17.4 Å². The Bertz CT molecular complexity index is 797. The number of aliphatic hydroxyl groups excluding tert-OH is 1. The molecule has 23 heavy (non-hydrogen) atoms. The predicted octanol–water partition coefficient (Wildman–Crippen LogP) is 3.31. The molecular weight excluding hydrogens is 297 g/mol. The largest absolute Gasteiger partial charge is 0.503 e. The van der Waals surface area contributed by atoms with E-state index in [0.29, 0.717) is 11.3 Å². The molecule has 2 aromatic carbocycles. The van der Waals surface area contributed by atoms with Crippen molar-refractivity contribution in [2.45, 2.75) is 13.0 Å². The van der Waals surface area contributed by atoms with Crippen LogP contribution in [0.4, 0.5) is 10.1 Å². The molecule has 0 radical (unpaired) electrons. The fraction of sp³-hybridized carbons (Fsp3) is 0.111. The van der Waals surface area contributed by atoms with E-state index >= 15 is 0 Å². The van der Waals surface area contributed by atoms with E-state index in [1.165, 1.54) is 36.1 Å². The third kappa shape index (κ3) is 2.50. The van der Waals surface area contributed by atoms with Gasteiger partial charge in [-0.15, -0.1) is 0 Å². The van der Waals surface area contributed by atoms with Crippen LogP contribution >= 0.6 is 0 Å². The van der Waals surface area contributed by atoms with Gasteiger partial charge in [-0.25, -0.2) is 4.39 Å². The zero-order valence-corrected chi connectivity index (χ0v) is 12.4.